The minimum Gasteiger partial charge on any atom is -0.339 e. The van der Waals surface area contributed by atoms with E-state index in [9.17, 15) is 13.2 Å². The molecule has 0 radical (unpaired) electrons. The molecule has 0 atom stereocenters. The van der Waals surface area contributed by atoms with E-state index in [1.54, 1.807) is 4.90 Å². The zero-order valence-corrected chi connectivity index (χ0v) is 19.6. The van der Waals surface area contributed by atoms with E-state index in [-0.39, 0.29) is 12.5 Å². The van der Waals surface area contributed by atoms with Gasteiger partial charge >= 0.3 is 10.2 Å². The number of nitrogens with zero attached hydrogens (tertiary/aromatic N) is 4. The first-order valence-electron chi connectivity index (χ1n) is 10.5. The quantitative estimate of drug-likeness (QED) is 0.657. The number of hydrogen-bond donors (Lipinski definition) is 0. The van der Waals surface area contributed by atoms with Gasteiger partial charge in [0.15, 0.2) is 0 Å². The number of aryl methyl sites for hydroxylation is 2. The van der Waals surface area contributed by atoms with Crippen molar-refractivity contribution in [2.24, 2.45) is 0 Å². The maximum Gasteiger partial charge on any atom is 0.304 e. The normalized spacial score (nSPS) is 15.3. The van der Waals surface area contributed by atoms with Crippen LogP contribution in [-0.2, 0) is 21.5 Å². The number of anilines is 1. The van der Waals surface area contributed by atoms with Crippen LogP contribution in [0.1, 0.15) is 16.7 Å². The third-order valence-corrected chi connectivity index (χ3v) is 7.43. The fourth-order valence-electron chi connectivity index (χ4n) is 3.70. The van der Waals surface area contributed by atoms with E-state index in [4.69, 9.17) is 0 Å². The fourth-order valence-corrected chi connectivity index (χ4v) is 4.81. The molecular formula is C23H32N4O3S. The van der Waals surface area contributed by atoms with E-state index in [1.165, 1.54) is 24.0 Å². The molecule has 1 fully saturated rings. The van der Waals surface area contributed by atoms with E-state index in [2.05, 4.69) is 17.0 Å². The van der Waals surface area contributed by atoms with Crippen molar-refractivity contribution in [2.75, 3.05) is 51.1 Å². The van der Waals surface area contributed by atoms with Crippen molar-refractivity contribution in [3.05, 3.63) is 65.2 Å². The lowest BCUT2D eigenvalue weighted by Gasteiger charge is -2.36. The average molecular weight is 445 g/mol. The molecule has 1 heterocycles. The number of carbonyl (C=O) groups excluding carboxylic acids is 1. The summed E-state index contributed by atoms with van der Waals surface area (Å²) in [6.07, 6.45) is 0. The van der Waals surface area contributed by atoms with Gasteiger partial charge in [-0.1, -0.05) is 42.5 Å². The molecule has 0 spiro atoms. The van der Waals surface area contributed by atoms with Gasteiger partial charge in [0.2, 0.25) is 5.91 Å². The van der Waals surface area contributed by atoms with E-state index < -0.39 is 10.2 Å². The lowest BCUT2D eigenvalue weighted by Crippen LogP contribution is -2.52. The predicted octanol–water partition coefficient (Wildman–Crippen LogP) is 2.26. The van der Waals surface area contributed by atoms with Crippen LogP contribution in [0.2, 0.25) is 0 Å². The van der Waals surface area contributed by atoms with E-state index in [0.717, 1.165) is 35.1 Å². The van der Waals surface area contributed by atoms with Crippen LogP contribution in [0.5, 0.6) is 0 Å². The molecular weight excluding hydrogens is 412 g/mol. The Morgan fingerprint density at radius 1 is 0.968 bits per heavy atom. The summed E-state index contributed by atoms with van der Waals surface area (Å²) in [4.78, 5) is 17.2. The Kier molecular flexibility index (Phi) is 7.35. The van der Waals surface area contributed by atoms with Crippen molar-refractivity contribution >= 4 is 21.8 Å². The van der Waals surface area contributed by atoms with Crippen molar-refractivity contribution in [1.29, 1.82) is 0 Å². The first-order valence-corrected chi connectivity index (χ1v) is 11.9. The Bertz CT molecular complexity index is 1000. The minimum atomic E-state index is -3.81. The van der Waals surface area contributed by atoms with Crippen molar-refractivity contribution in [3.8, 4) is 0 Å². The summed E-state index contributed by atoms with van der Waals surface area (Å²) in [7, 11) is -0.835. The second-order valence-electron chi connectivity index (χ2n) is 8.23. The Morgan fingerprint density at radius 2 is 1.61 bits per heavy atom. The second kappa shape index (κ2) is 9.80. The first kappa shape index (κ1) is 23.2. The lowest BCUT2D eigenvalue weighted by atomic mass is 10.1. The van der Waals surface area contributed by atoms with Crippen LogP contribution in [0, 0.1) is 13.8 Å². The van der Waals surface area contributed by atoms with Gasteiger partial charge in [0.05, 0.1) is 5.69 Å². The maximum absolute atomic E-state index is 13.1. The largest absolute Gasteiger partial charge is 0.339 e. The zero-order chi connectivity index (χ0) is 22.6. The molecule has 1 aliphatic rings. The molecule has 0 saturated carbocycles. The molecule has 2 aromatic carbocycles. The Morgan fingerprint density at radius 3 is 2.23 bits per heavy atom. The molecule has 0 bridgehead atoms. The lowest BCUT2D eigenvalue weighted by molar-refractivity contribution is -0.131. The van der Waals surface area contributed by atoms with Gasteiger partial charge in [-0.3, -0.25) is 9.69 Å². The Labute approximate surface area is 186 Å². The Hall–Kier alpha value is -2.42. The molecule has 0 aliphatic carbocycles. The van der Waals surface area contributed by atoms with Gasteiger partial charge in [0, 0.05) is 46.8 Å². The van der Waals surface area contributed by atoms with Crippen LogP contribution in [0.3, 0.4) is 0 Å². The first-order chi connectivity index (χ1) is 14.7. The standard InChI is InChI=1S/C23H32N4O3S/c1-19-10-11-20(2)22(16-19)27(31(29,30)24(3)4)18-23(28)26-14-12-25(13-15-26)17-21-8-6-5-7-9-21/h5-11,16H,12-15,17-18H2,1-4H3. The number of carbonyl (C=O) groups is 1. The second-order valence-corrected chi connectivity index (χ2v) is 10.3. The van der Waals surface area contributed by atoms with Gasteiger partial charge < -0.3 is 4.90 Å². The van der Waals surface area contributed by atoms with Crippen LogP contribution in [0.15, 0.2) is 48.5 Å². The summed E-state index contributed by atoms with van der Waals surface area (Å²) in [6.45, 7) is 7.14. The fraction of sp³-hybridized carbons (Fsp3) is 0.435. The zero-order valence-electron chi connectivity index (χ0n) is 18.8. The van der Waals surface area contributed by atoms with Crippen molar-refractivity contribution in [1.82, 2.24) is 14.1 Å². The van der Waals surface area contributed by atoms with E-state index in [1.807, 2.05) is 50.2 Å². The summed E-state index contributed by atoms with van der Waals surface area (Å²) in [5.74, 6) is -0.175. The smallest absolute Gasteiger partial charge is 0.304 e. The number of benzene rings is 2. The molecule has 0 N–H and O–H groups in total. The molecule has 3 rings (SSSR count). The summed E-state index contributed by atoms with van der Waals surface area (Å²) in [5, 5.41) is 0. The van der Waals surface area contributed by atoms with Crippen LogP contribution in [0.25, 0.3) is 0 Å². The molecule has 0 unspecified atom stereocenters. The molecule has 31 heavy (non-hydrogen) atoms. The minimum absolute atomic E-state index is 0.175. The van der Waals surface area contributed by atoms with Gasteiger partial charge in [-0.2, -0.15) is 12.7 Å². The maximum atomic E-state index is 13.1. The topological polar surface area (TPSA) is 64.2 Å². The summed E-state index contributed by atoms with van der Waals surface area (Å²) < 4.78 is 28.5. The average Bonchev–Trinajstić information content (AvgIpc) is 2.75. The number of rotatable bonds is 7. The van der Waals surface area contributed by atoms with Gasteiger partial charge in [-0.15, -0.1) is 0 Å². The highest BCUT2D eigenvalue weighted by Gasteiger charge is 2.31. The van der Waals surface area contributed by atoms with E-state index >= 15 is 0 Å². The molecule has 7 nitrogen and oxygen atoms in total. The number of hydrogen-bond acceptors (Lipinski definition) is 4. The van der Waals surface area contributed by atoms with E-state index in [0.29, 0.717) is 18.8 Å². The number of amides is 1. The monoisotopic (exact) mass is 444 g/mol. The van der Waals surface area contributed by atoms with Crippen LogP contribution in [-0.4, -0.2) is 75.2 Å². The Balaban J connectivity index is 1.70. The summed E-state index contributed by atoms with van der Waals surface area (Å²) in [6, 6.07) is 15.9. The molecule has 0 aromatic heterocycles. The van der Waals surface area contributed by atoms with Crippen LogP contribution >= 0.6 is 0 Å². The molecule has 8 heteroatoms. The van der Waals surface area contributed by atoms with Gasteiger partial charge in [0.25, 0.3) is 0 Å². The molecule has 1 amide bonds. The summed E-state index contributed by atoms with van der Waals surface area (Å²) in [5.41, 5.74) is 3.56. The highest BCUT2D eigenvalue weighted by Crippen LogP contribution is 2.25. The van der Waals surface area contributed by atoms with Crippen molar-refractivity contribution in [2.45, 2.75) is 20.4 Å². The highest BCUT2D eigenvalue weighted by molar-refractivity contribution is 7.90. The third kappa shape index (κ3) is 5.64. The SMILES string of the molecule is Cc1ccc(C)c(N(CC(=O)N2CCN(Cc3ccccc3)CC2)S(=O)(=O)N(C)C)c1. The van der Waals surface area contributed by atoms with Gasteiger partial charge in [-0.25, -0.2) is 4.31 Å². The van der Waals surface area contributed by atoms with Crippen LogP contribution < -0.4 is 4.31 Å². The summed E-state index contributed by atoms with van der Waals surface area (Å²) >= 11 is 0. The van der Waals surface area contributed by atoms with Crippen molar-refractivity contribution in [3.63, 3.8) is 0 Å². The van der Waals surface area contributed by atoms with Crippen molar-refractivity contribution < 1.29 is 13.2 Å². The molecule has 1 saturated heterocycles. The molecule has 2 aromatic rings. The van der Waals surface area contributed by atoms with Crippen LogP contribution in [0.4, 0.5) is 5.69 Å². The van der Waals surface area contributed by atoms with Gasteiger partial charge in [0.1, 0.15) is 6.54 Å². The number of piperazine rings is 1. The van der Waals surface area contributed by atoms with Gasteiger partial charge in [-0.05, 0) is 36.6 Å². The third-order valence-electron chi connectivity index (χ3n) is 5.63. The highest BCUT2D eigenvalue weighted by atomic mass is 32.2. The molecule has 168 valence electrons. The predicted molar refractivity (Wildman–Crippen MR) is 124 cm³/mol. The molecule has 1 aliphatic heterocycles.